The number of rotatable bonds is 4. The molecule has 3 rings (SSSR count). The summed E-state index contributed by atoms with van der Waals surface area (Å²) in [6.07, 6.45) is 1.66. The molecule has 1 unspecified atom stereocenters. The average molecular weight is 289 g/mol. The van der Waals surface area contributed by atoms with Crippen LogP contribution in [0.25, 0.3) is 0 Å². The Labute approximate surface area is 123 Å². The zero-order chi connectivity index (χ0) is 14.8. The van der Waals surface area contributed by atoms with E-state index in [-0.39, 0.29) is 18.5 Å². The fourth-order valence-corrected chi connectivity index (χ4v) is 2.93. The van der Waals surface area contributed by atoms with E-state index in [2.05, 4.69) is 5.32 Å². The molecule has 1 saturated heterocycles. The highest BCUT2D eigenvalue weighted by Crippen LogP contribution is 2.26. The molecule has 1 fully saturated rings. The highest BCUT2D eigenvalue weighted by Gasteiger charge is 2.29. The van der Waals surface area contributed by atoms with E-state index in [1.807, 2.05) is 12.1 Å². The van der Waals surface area contributed by atoms with Gasteiger partial charge < -0.3 is 20.7 Å². The fraction of sp³-hybridized carbons (Fsp3) is 0.467. The van der Waals surface area contributed by atoms with Crippen LogP contribution in [0.15, 0.2) is 18.2 Å². The maximum Gasteiger partial charge on any atom is 0.254 e. The Morgan fingerprint density at radius 2 is 2.29 bits per heavy atom. The second-order valence-electron chi connectivity index (χ2n) is 5.47. The predicted octanol–water partition coefficient (Wildman–Crippen LogP) is -0.0891. The molecular weight excluding hydrogens is 270 g/mol. The molecule has 1 aromatic rings. The number of carbonyl (C=O) groups excluding carboxylic acids is 2. The smallest absolute Gasteiger partial charge is 0.254 e. The molecule has 6 heteroatoms. The van der Waals surface area contributed by atoms with Crippen molar-refractivity contribution in [2.24, 2.45) is 5.73 Å². The maximum atomic E-state index is 12.7. The SMILES string of the molecule is NC(=O)CN(C(=O)c1ccc2c(c1)CCO2)C1CCNC1. The van der Waals surface area contributed by atoms with Crippen molar-refractivity contribution in [1.82, 2.24) is 10.2 Å². The van der Waals surface area contributed by atoms with Crippen molar-refractivity contribution in [3.05, 3.63) is 29.3 Å². The largest absolute Gasteiger partial charge is 0.493 e. The van der Waals surface area contributed by atoms with E-state index in [0.717, 1.165) is 30.7 Å². The number of nitrogens with one attached hydrogen (secondary N) is 1. The van der Waals surface area contributed by atoms with Crippen molar-refractivity contribution in [3.8, 4) is 5.75 Å². The van der Waals surface area contributed by atoms with Gasteiger partial charge in [0.15, 0.2) is 0 Å². The molecule has 0 radical (unpaired) electrons. The molecule has 6 nitrogen and oxygen atoms in total. The number of primary amides is 1. The molecule has 3 N–H and O–H groups in total. The van der Waals surface area contributed by atoms with Crippen LogP contribution in [0.1, 0.15) is 22.3 Å². The molecule has 112 valence electrons. The van der Waals surface area contributed by atoms with E-state index in [0.29, 0.717) is 18.7 Å². The van der Waals surface area contributed by atoms with E-state index in [1.54, 1.807) is 11.0 Å². The summed E-state index contributed by atoms with van der Waals surface area (Å²) in [5, 5.41) is 3.21. The zero-order valence-electron chi connectivity index (χ0n) is 11.8. The van der Waals surface area contributed by atoms with Crippen LogP contribution in [0.2, 0.25) is 0 Å². The third-order valence-corrected chi connectivity index (χ3v) is 4.00. The molecule has 1 atom stereocenters. The molecule has 2 aliphatic rings. The van der Waals surface area contributed by atoms with E-state index in [9.17, 15) is 9.59 Å². The summed E-state index contributed by atoms with van der Waals surface area (Å²) in [6, 6.07) is 5.46. The Kier molecular flexibility index (Phi) is 3.79. The summed E-state index contributed by atoms with van der Waals surface area (Å²) in [5.41, 5.74) is 6.93. The van der Waals surface area contributed by atoms with Gasteiger partial charge >= 0.3 is 0 Å². The van der Waals surface area contributed by atoms with Crippen molar-refractivity contribution in [1.29, 1.82) is 0 Å². The van der Waals surface area contributed by atoms with Crippen molar-refractivity contribution in [2.45, 2.75) is 18.9 Å². The minimum atomic E-state index is -0.486. The van der Waals surface area contributed by atoms with Gasteiger partial charge in [0.25, 0.3) is 5.91 Å². The fourth-order valence-electron chi connectivity index (χ4n) is 2.93. The van der Waals surface area contributed by atoms with Gasteiger partial charge in [0, 0.05) is 24.6 Å². The number of nitrogens with zero attached hydrogens (tertiary/aromatic N) is 1. The lowest BCUT2D eigenvalue weighted by Crippen LogP contribution is -2.46. The standard InChI is InChI=1S/C15H19N3O3/c16-14(19)9-18(12-3-5-17-8-12)15(20)11-1-2-13-10(7-11)4-6-21-13/h1-2,7,12,17H,3-6,8-9H2,(H2,16,19). The molecule has 2 aliphatic heterocycles. The number of ether oxygens (including phenoxy) is 1. The van der Waals surface area contributed by atoms with Crippen LogP contribution in [0, 0.1) is 0 Å². The van der Waals surface area contributed by atoms with Crippen LogP contribution >= 0.6 is 0 Å². The van der Waals surface area contributed by atoms with Crippen LogP contribution in [0.4, 0.5) is 0 Å². The first-order valence-electron chi connectivity index (χ1n) is 7.21. The summed E-state index contributed by atoms with van der Waals surface area (Å²) >= 11 is 0. The van der Waals surface area contributed by atoms with Gasteiger partial charge in [-0.05, 0) is 36.7 Å². The Balaban J connectivity index is 1.84. The topological polar surface area (TPSA) is 84.7 Å². The van der Waals surface area contributed by atoms with Gasteiger partial charge in [-0.1, -0.05) is 0 Å². The second kappa shape index (κ2) is 5.73. The number of benzene rings is 1. The number of carbonyl (C=O) groups is 2. The highest BCUT2D eigenvalue weighted by atomic mass is 16.5. The van der Waals surface area contributed by atoms with Crippen LogP contribution in [-0.4, -0.2) is 49.0 Å². The first kappa shape index (κ1) is 13.9. The molecule has 2 heterocycles. The number of hydrogen-bond donors (Lipinski definition) is 2. The number of amides is 2. The molecular formula is C15H19N3O3. The van der Waals surface area contributed by atoms with Gasteiger partial charge in [0.2, 0.25) is 5.91 Å². The van der Waals surface area contributed by atoms with Gasteiger partial charge in [0.1, 0.15) is 5.75 Å². The lowest BCUT2D eigenvalue weighted by Gasteiger charge is -2.27. The van der Waals surface area contributed by atoms with Crippen molar-refractivity contribution in [2.75, 3.05) is 26.2 Å². The van der Waals surface area contributed by atoms with E-state index < -0.39 is 5.91 Å². The van der Waals surface area contributed by atoms with Crippen LogP contribution < -0.4 is 15.8 Å². The molecule has 1 aromatic carbocycles. The minimum Gasteiger partial charge on any atom is -0.493 e. The summed E-state index contributed by atoms with van der Waals surface area (Å²) in [6.45, 7) is 2.17. The van der Waals surface area contributed by atoms with Crippen molar-refractivity contribution < 1.29 is 14.3 Å². The summed E-state index contributed by atoms with van der Waals surface area (Å²) in [4.78, 5) is 25.6. The summed E-state index contributed by atoms with van der Waals surface area (Å²) in [5.74, 6) is 0.215. The molecule has 0 saturated carbocycles. The normalized spacial score (nSPS) is 19.9. The maximum absolute atomic E-state index is 12.7. The predicted molar refractivity (Wildman–Crippen MR) is 77.1 cm³/mol. The quantitative estimate of drug-likeness (QED) is 0.811. The van der Waals surface area contributed by atoms with Gasteiger partial charge in [-0.2, -0.15) is 0 Å². The highest BCUT2D eigenvalue weighted by molar-refractivity contribution is 5.97. The van der Waals surface area contributed by atoms with E-state index >= 15 is 0 Å². The third kappa shape index (κ3) is 2.85. The first-order chi connectivity index (χ1) is 10.1. The lowest BCUT2D eigenvalue weighted by molar-refractivity contribution is -0.119. The molecule has 2 amide bonds. The third-order valence-electron chi connectivity index (χ3n) is 4.00. The summed E-state index contributed by atoms with van der Waals surface area (Å²) < 4.78 is 5.45. The zero-order valence-corrected chi connectivity index (χ0v) is 11.8. The molecule has 0 aromatic heterocycles. The van der Waals surface area contributed by atoms with Crippen LogP contribution in [0.5, 0.6) is 5.75 Å². The number of fused-ring (bicyclic) bond motifs is 1. The van der Waals surface area contributed by atoms with E-state index in [4.69, 9.17) is 10.5 Å². The Bertz CT molecular complexity index is 567. The molecule has 0 bridgehead atoms. The van der Waals surface area contributed by atoms with Crippen LogP contribution in [0.3, 0.4) is 0 Å². The van der Waals surface area contributed by atoms with Crippen molar-refractivity contribution in [3.63, 3.8) is 0 Å². The van der Waals surface area contributed by atoms with Gasteiger partial charge in [-0.3, -0.25) is 9.59 Å². The molecule has 0 spiro atoms. The Morgan fingerprint density at radius 1 is 1.43 bits per heavy atom. The van der Waals surface area contributed by atoms with Gasteiger partial charge in [-0.25, -0.2) is 0 Å². The lowest BCUT2D eigenvalue weighted by atomic mass is 10.1. The Morgan fingerprint density at radius 3 is 3.00 bits per heavy atom. The second-order valence-corrected chi connectivity index (χ2v) is 5.47. The summed E-state index contributed by atoms with van der Waals surface area (Å²) in [7, 11) is 0. The van der Waals surface area contributed by atoms with Crippen LogP contribution in [-0.2, 0) is 11.2 Å². The first-order valence-corrected chi connectivity index (χ1v) is 7.21. The van der Waals surface area contributed by atoms with Gasteiger partial charge in [0.05, 0.1) is 13.2 Å². The molecule has 0 aliphatic carbocycles. The van der Waals surface area contributed by atoms with Crippen molar-refractivity contribution >= 4 is 11.8 Å². The minimum absolute atomic E-state index is 0.0227. The van der Waals surface area contributed by atoms with Gasteiger partial charge in [-0.15, -0.1) is 0 Å². The average Bonchev–Trinajstić information content (AvgIpc) is 3.13. The Hall–Kier alpha value is -2.08. The molecule has 21 heavy (non-hydrogen) atoms. The number of nitrogens with two attached hydrogens (primary N) is 1. The number of hydrogen-bond acceptors (Lipinski definition) is 4. The van der Waals surface area contributed by atoms with E-state index in [1.165, 1.54) is 0 Å². The monoisotopic (exact) mass is 289 g/mol.